The van der Waals surface area contributed by atoms with E-state index in [1.807, 2.05) is 0 Å². The fraction of sp³-hybridized carbons (Fsp3) is 0.923. The number of nitrogens with zero attached hydrogens (tertiary/aromatic N) is 1. The van der Waals surface area contributed by atoms with Crippen molar-refractivity contribution in [3.8, 4) is 0 Å². The molecule has 1 aliphatic carbocycles. The van der Waals surface area contributed by atoms with Crippen LogP contribution < -0.4 is 0 Å². The Kier molecular flexibility index (Phi) is 4.77. The van der Waals surface area contributed by atoms with Crippen molar-refractivity contribution in [3.05, 3.63) is 0 Å². The summed E-state index contributed by atoms with van der Waals surface area (Å²) in [5.41, 5.74) is 0. The van der Waals surface area contributed by atoms with Crippen LogP contribution in [-0.2, 0) is 14.8 Å². The minimum atomic E-state index is -4.27. The van der Waals surface area contributed by atoms with Gasteiger partial charge in [-0.1, -0.05) is 6.92 Å². The maximum Gasteiger partial charge on any atom is 0.391 e. The van der Waals surface area contributed by atoms with Crippen molar-refractivity contribution in [2.75, 3.05) is 13.1 Å². The fourth-order valence-electron chi connectivity index (χ4n) is 3.35. The van der Waals surface area contributed by atoms with Crippen molar-refractivity contribution in [1.29, 1.82) is 0 Å². The van der Waals surface area contributed by atoms with Gasteiger partial charge >= 0.3 is 12.1 Å². The van der Waals surface area contributed by atoms with Crippen LogP contribution in [0, 0.1) is 17.8 Å². The molecule has 0 aromatic rings. The van der Waals surface area contributed by atoms with Gasteiger partial charge in [-0.25, -0.2) is 12.7 Å². The highest BCUT2D eigenvalue weighted by atomic mass is 32.2. The molecule has 9 heteroatoms. The first-order valence-electron chi connectivity index (χ1n) is 7.32. The van der Waals surface area contributed by atoms with E-state index in [1.54, 1.807) is 6.92 Å². The Hall–Kier alpha value is -0.830. The van der Waals surface area contributed by atoms with Gasteiger partial charge in [0.25, 0.3) is 0 Å². The van der Waals surface area contributed by atoms with Crippen LogP contribution in [0.3, 0.4) is 0 Å². The Morgan fingerprint density at radius 3 is 2.09 bits per heavy atom. The maximum atomic E-state index is 12.6. The van der Waals surface area contributed by atoms with Gasteiger partial charge in [0, 0.05) is 13.1 Å². The molecule has 5 nitrogen and oxygen atoms in total. The summed E-state index contributed by atoms with van der Waals surface area (Å²) in [7, 11) is -3.73. The minimum Gasteiger partial charge on any atom is -0.481 e. The molecule has 0 amide bonds. The summed E-state index contributed by atoms with van der Waals surface area (Å²) >= 11 is 0. The zero-order valence-electron chi connectivity index (χ0n) is 12.2. The molecule has 1 heterocycles. The molecule has 1 saturated heterocycles. The molecule has 0 unspecified atom stereocenters. The molecule has 0 aromatic carbocycles. The van der Waals surface area contributed by atoms with E-state index in [-0.39, 0.29) is 44.7 Å². The second-order valence-corrected chi connectivity index (χ2v) is 8.51. The van der Waals surface area contributed by atoms with E-state index in [4.69, 9.17) is 5.11 Å². The van der Waals surface area contributed by atoms with E-state index in [1.165, 1.54) is 0 Å². The zero-order valence-corrected chi connectivity index (χ0v) is 13.0. The Labute approximate surface area is 127 Å². The first-order chi connectivity index (χ1) is 10.0. The molecule has 0 bridgehead atoms. The molecule has 1 saturated carbocycles. The van der Waals surface area contributed by atoms with Gasteiger partial charge in [-0.15, -0.1) is 0 Å². The lowest BCUT2D eigenvalue weighted by Crippen LogP contribution is -2.41. The van der Waals surface area contributed by atoms with E-state index < -0.39 is 39.3 Å². The molecule has 0 spiro atoms. The van der Waals surface area contributed by atoms with Gasteiger partial charge < -0.3 is 5.11 Å². The summed E-state index contributed by atoms with van der Waals surface area (Å²) < 4.78 is 64.1. The summed E-state index contributed by atoms with van der Waals surface area (Å²) in [5, 5.41) is 8.23. The van der Waals surface area contributed by atoms with E-state index in [0.717, 1.165) is 4.31 Å². The summed E-state index contributed by atoms with van der Waals surface area (Å²) in [4.78, 5) is 11.1. The van der Waals surface area contributed by atoms with E-state index in [2.05, 4.69) is 0 Å². The van der Waals surface area contributed by atoms with Gasteiger partial charge in [0.05, 0.1) is 17.1 Å². The highest BCUT2D eigenvalue weighted by Gasteiger charge is 2.47. The number of alkyl halides is 3. The SMILES string of the molecule is C[C@@H]1CN(S(=O)(=O)C2CCC(C(F)(F)F)CC2)C[C@H]1C(=O)O. The van der Waals surface area contributed by atoms with E-state index in [0.29, 0.717) is 0 Å². The lowest BCUT2D eigenvalue weighted by atomic mass is 9.88. The topological polar surface area (TPSA) is 74.7 Å². The average molecular weight is 343 g/mol. The van der Waals surface area contributed by atoms with Gasteiger partial charge in [0.2, 0.25) is 10.0 Å². The third-order valence-electron chi connectivity index (χ3n) is 4.81. The Bertz CT molecular complexity index is 526. The molecule has 1 aliphatic heterocycles. The lowest BCUT2D eigenvalue weighted by molar-refractivity contribution is -0.181. The molecule has 2 aliphatic rings. The summed E-state index contributed by atoms with van der Waals surface area (Å²) in [6.45, 7) is 1.71. The molecule has 0 aromatic heterocycles. The van der Waals surface area contributed by atoms with Crippen molar-refractivity contribution < 1.29 is 31.5 Å². The third-order valence-corrected chi connectivity index (χ3v) is 7.15. The number of rotatable bonds is 3. The summed E-state index contributed by atoms with van der Waals surface area (Å²) in [6, 6.07) is 0. The Morgan fingerprint density at radius 1 is 1.14 bits per heavy atom. The number of hydrogen-bond acceptors (Lipinski definition) is 3. The predicted molar refractivity (Wildman–Crippen MR) is 72.6 cm³/mol. The highest BCUT2D eigenvalue weighted by Crippen LogP contribution is 2.40. The maximum absolute atomic E-state index is 12.6. The molecule has 128 valence electrons. The Balaban J connectivity index is 2.02. The van der Waals surface area contributed by atoms with Gasteiger partial charge in [0.15, 0.2) is 0 Å². The molecule has 1 N–H and O–H groups in total. The quantitative estimate of drug-likeness (QED) is 0.851. The molecule has 0 radical (unpaired) electrons. The van der Waals surface area contributed by atoms with Crippen molar-refractivity contribution in [3.63, 3.8) is 0 Å². The molecule has 22 heavy (non-hydrogen) atoms. The minimum absolute atomic E-state index is 0.0187. The number of hydrogen-bond donors (Lipinski definition) is 1. The normalized spacial score (nSPS) is 34.7. The Morgan fingerprint density at radius 2 is 1.68 bits per heavy atom. The highest BCUT2D eigenvalue weighted by molar-refractivity contribution is 7.89. The summed E-state index contributed by atoms with van der Waals surface area (Å²) in [6.07, 6.45) is -4.67. The van der Waals surface area contributed by atoms with Crippen molar-refractivity contribution in [2.45, 2.75) is 44.0 Å². The molecule has 2 atom stereocenters. The average Bonchev–Trinajstić information content (AvgIpc) is 2.81. The number of halogens is 3. The smallest absolute Gasteiger partial charge is 0.391 e. The number of carboxylic acids is 1. The van der Waals surface area contributed by atoms with Crippen LogP contribution in [0.5, 0.6) is 0 Å². The second-order valence-electron chi connectivity index (χ2n) is 6.30. The molecule has 2 rings (SSSR count). The largest absolute Gasteiger partial charge is 0.481 e. The van der Waals surface area contributed by atoms with E-state index >= 15 is 0 Å². The summed E-state index contributed by atoms with van der Waals surface area (Å²) in [5.74, 6) is -3.51. The van der Waals surface area contributed by atoms with Gasteiger partial charge in [-0.05, 0) is 31.6 Å². The number of carboxylic acid groups (broad SMARTS) is 1. The van der Waals surface area contributed by atoms with Crippen LogP contribution in [0.25, 0.3) is 0 Å². The van der Waals surface area contributed by atoms with Gasteiger partial charge in [-0.3, -0.25) is 4.79 Å². The van der Waals surface area contributed by atoms with Crippen LogP contribution in [0.4, 0.5) is 13.2 Å². The van der Waals surface area contributed by atoms with Crippen LogP contribution in [0.2, 0.25) is 0 Å². The van der Waals surface area contributed by atoms with Crippen LogP contribution >= 0.6 is 0 Å². The molecular weight excluding hydrogens is 323 g/mol. The van der Waals surface area contributed by atoms with Crippen molar-refractivity contribution >= 4 is 16.0 Å². The van der Waals surface area contributed by atoms with E-state index in [9.17, 15) is 26.4 Å². The monoisotopic (exact) mass is 343 g/mol. The third kappa shape index (κ3) is 3.40. The number of carbonyl (C=O) groups is 1. The second kappa shape index (κ2) is 5.99. The van der Waals surface area contributed by atoms with Crippen molar-refractivity contribution in [1.82, 2.24) is 4.31 Å². The van der Waals surface area contributed by atoms with Gasteiger partial charge in [0.1, 0.15) is 0 Å². The van der Waals surface area contributed by atoms with Gasteiger partial charge in [-0.2, -0.15) is 13.2 Å². The van der Waals surface area contributed by atoms with Crippen LogP contribution in [-0.4, -0.2) is 48.3 Å². The fourth-order valence-corrected chi connectivity index (χ4v) is 5.45. The standard InChI is InChI=1S/C13H20F3NO4S/c1-8-6-17(7-11(8)12(18)19)22(20,21)10-4-2-9(3-5-10)13(14,15)16/h8-11H,2-7H2,1H3,(H,18,19)/t8-,9?,10?,11-/m1/s1. The first-order valence-corrected chi connectivity index (χ1v) is 8.82. The van der Waals surface area contributed by atoms with Crippen molar-refractivity contribution in [2.24, 2.45) is 17.8 Å². The molecule has 2 fully saturated rings. The lowest BCUT2D eigenvalue weighted by Gasteiger charge is -2.31. The van der Waals surface area contributed by atoms with Crippen LogP contribution in [0.15, 0.2) is 0 Å². The predicted octanol–water partition coefficient (Wildman–Crippen LogP) is 2.09. The number of aliphatic carboxylic acids is 1. The zero-order chi connectivity index (χ0) is 16.7. The first kappa shape index (κ1) is 17.5. The number of sulfonamides is 1. The molecular formula is C13H20F3NO4S. The van der Waals surface area contributed by atoms with Crippen LogP contribution in [0.1, 0.15) is 32.6 Å².